The van der Waals surface area contributed by atoms with E-state index >= 15 is 0 Å². The van der Waals surface area contributed by atoms with Crippen LogP contribution in [0.5, 0.6) is 11.6 Å². The molecule has 0 aliphatic heterocycles. The molecule has 1 amide bonds. The monoisotopic (exact) mass is 481 g/mol. The second-order valence-electron chi connectivity index (χ2n) is 9.24. The number of carboxylic acid groups (broad SMARTS) is 1. The van der Waals surface area contributed by atoms with Crippen molar-refractivity contribution in [2.75, 3.05) is 6.54 Å². The van der Waals surface area contributed by atoms with E-state index in [0.29, 0.717) is 18.2 Å². The Morgan fingerprint density at radius 1 is 1.09 bits per heavy atom. The number of alkyl halides is 3. The molecule has 10 heteroatoms. The smallest absolute Gasteiger partial charge is 0.417 e. The number of carbonyl (C=O) groups is 1. The zero-order valence-corrected chi connectivity index (χ0v) is 20.1. The van der Waals surface area contributed by atoms with Crippen LogP contribution in [-0.4, -0.2) is 33.9 Å². The number of pyridine rings is 1. The number of nitriles is 1. The molecule has 0 saturated carbocycles. The number of halogens is 3. The van der Waals surface area contributed by atoms with E-state index in [2.05, 4.69) is 51.8 Å². The Morgan fingerprint density at radius 3 is 2.12 bits per heavy atom. The maximum atomic E-state index is 12.5. The first-order chi connectivity index (χ1) is 15.5. The Bertz CT molecular complexity index is 975. The van der Waals surface area contributed by atoms with Gasteiger partial charge in [-0.15, -0.1) is 0 Å². The molecule has 2 rings (SSSR count). The van der Waals surface area contributed by atoms with Crippen LogP contribution >= 0.6 is 0 Å². The van der Waals surface area contributed by atoms with Crippen LogP contribution in [0.25, 0.3) is 0 Å². The lowest BCUT2D eigenvalue weighted by atomic mass is 10.1. The third-order valence-corrected chi connectivity index (χ3v) is 3.74. The maximum Gasteiger partial charge on any atom is 0.417 e. The van der Waals surface area contributed by atoms with Gasteiger partial charge in [0.05, 0.1) is 22.3 Å². The van der Waals surface area contributed by atoms with Gasteiger partial charge in [0.1, 0.15) is 11.8 Å². The van der Waals surface area contributed by atoms with Gasteiger partial charge in [-0.05, 0) is 71.7 Å². The van der Waals surface area contributed by atoms with E-state index in [1.54, 1.807) is 6.07 Å². The molecule has 0 spiro atoms. The summed E-state index contributed by atoms with van der Waals surface area (Å²) in [5, 5.41) is 19.9. The zero-order chi connectivity index (χ0) is 26.2. The summed E-state index contributed by atoms with van der Waals surface area (Å²) in [6.07, 6.45) is -4.61. The number of nitrogens with zero attached hydrogens (tertiary/aromatic N) is 2. The highest BCUT2D eigenvalue weighted by atomic mass is 19.4. The fraction of sp³-hybridized carbons (Fsp3) is 0.458. The number of nitrogens with one attached hydrogen (secondary N) is 1. The van der Waals surface area contributed by atoms with Gasteiger partial charge in [-0.2, -0.15) is 18.4 Å². The van der Waals surface area contributed by atoms with Crippen molar-refractivity contribution in [2.24, 2.45) is 0 Å². The summed E-state index contributed by atoms with van der Waals surface area (Å²) in [5.74, 6) is 0.0643. The van der Waals surface area contributed by atoms with Crippen molar-refractivity contribution in [3.05, 3.63) is 53.2 Å². The molecule has 0 fully saturated rings. The first kappa shape index (κ1) is 28.7. The van der Waals surface area contributed by atoms with Gasteiger partial charge in [0.25, 0.3) is 0 Å². The normalized spacial score (nSPS) is 11.6. The van der Waals surface area contributed by atoms with Gasteiger partial charge >= 0.3 is 12.3 Å². The van der Waals surface area contributed by atoms with Crippen LogP contribution in [0.3, 0.4) is 0 Å². The summed E-state index contributed by atoms with van der Waals surface area (Å²) in [6.45, 7) is 12.6. The van der Waals surface area contributed by atoms with Crippen molar-refractivity contribution >= 4 is 6.09 Å². The van der Waals surface area contributed by atoms with Crippen molar-refractivity contribution in [3.63, 3.8) is 0 Å². The first-order valence-corrected chi connectivity index (χ1v) is 10.4. The van der Waals surface area contributed by atoms with Crippen LogP contribution in [0.15, 0.2) is 36.5 Å². The molecule has 0 bridgehead atoms. The molecule has 2 N–H and O–H groups in total. The molecule has 0 radical (unpaired) electrons. The van der Waals surface area contributed by atoms with Crippen molar-refractivity contribution in [2.45, 2.75) is 65.3 Å². The molecule has 7 nitrogen and oxygen atoms in total. The predicted octanol–water partition coefficient (Wildman–Crippen LogP) is 6.17. The molecule has 0 atom stereocenters. The highest BCUT2D eigenvalue weighted by Gasteiger charge is 2.30. The molecule has 0 unspecified atom stereocenters. The van der Waals surface area contributed by atoms with Gasteiger partial charge in [0.2, 0.25) is 5.88 Å². The summed E-state index contributed by atoms with van der Waals surface area (Å²) in [7, 11) is 0. The van der Waals surface area contributed by atoms with Gasteiger partial charge < -0.3 is 19.9 Å². The van der Waals surface area contributed by atoms with Crippen LogP contribution < -0.4 is 10.1 Å². The number of amides is 1. The van der Waals surface area contributed by atoms with E-state index in [4.69, 9.17) is 14.6 Å². The molecular weight excluding hydrogens is 451 g/mol. The highest BCUT2D eigenvalue weighted by molar-refractivity contribution is 5.64. The quantitative estimate of drug-likeness (QED) is 0.529. The molecule has 34 heavy (non-hydrogen) atoms. The summed E-state index contributed by atoms with van der Waals surface area (Å²) in [4.78, 5) is 14.0. The lowest BCUT2D eigenvalue weighted by Crippen LogP contribution is -2.31. The Hall–Kier alpha value is -3.32. The molecule has 0 saturated heterocycles. The second kappa shape index (κ2) is 11.7. The average molecular weight is 482 g/mol. The van der Waals surface area contributed by atoms with Gasteiger partial charge in [0, 0.05) is 18.8 Å². The van der Waals surface area contributed by atoms with Gasteiger partial charge in [-0.25, -0.2) is 9.78 Å². The lowest BCUT2D eigenvalue weighted by molar-refractivity contribution is -0.137. The minimum absolute atomic E-state index is 0.0156. The third kappa shape index (κ3) is 11.5. The Morgan fingerprint density at radius 2 is 1.71 bits per heavy atom. The Labute approximate surface area is 197 Å². The minimum atomic E-state index is -4.49. The van der Waals surface area contributed by atoms with E-state index in [1.807, 2.05) is 6.07 Å². The number of hydrogen-bond acceptors (Lipinski definition) is 5. The van der Waals surface area contributed by atoms with Crippen molar-refractivity contribution in [1.29, 1.82) is 5.26 Å². The molecule has 1 aromatic carbocycles. The minimum Gasteiger partial charge on any atom is -0.465 e. The Kier molecular flexibility index (Phi) is 9.88. The van der Waals surface area contributed by atoms with Crippen LogP contribution in [-0.2, 0) is 17.3 Å². The standard InChI is InChI=1S/C16H12F3N3O3.C8H18O/c17-16(18,19)12-2-4-14(22-9-12)25-13-3-1-10(7-11(13)8-20)5-6-21-15(23)24;1-7(2,3)9-8(4,5)6/h1-4,7,9,21H,5-6H2,(H,23,24);1-6H3. The maximum absolute atomic E-state index is 12.5. The molecule has 1 aromatic heterocycles. The van der Waals surface area contributed by atoms with E-state index < -0.39 is 17.8 Å². The van der Waals surface area contributed by atoms with Crippen molar-refractivity contribution in [1.82, 2.24) is 10.3 Å². The van der Waals surface area contributed by atoms with Gasteiger partial charge in [-0.1, -0.05) is 6.07 Å². The third-order valence-electron chi connectivity index (χ3n) is 3.74. The summed E-state index contributed by atoms with van der Waals surface area (Å²) < 4.78 is 48.5. The molecule has 2 aromatic rings. The van der Waals surface area contributed by atoms with E-state index in [0.717, 1.165) is 12.1 Å². The van der Waals surface area contributed by atoms with Gasteiger partial charge in [-0.3, -0.25) is 0 Å². The summed E-state index contributed by atoms with van der Waals surface area (Å²) in [5.41, 5.74) is -0.0644. The predicted molar refractivity (Wildman–Crippen MR) is 121 cm³/mol. The molecule has 1 heterocycles. The van der Waals surface area contributed by atoms with E-state index in [9.17, 15) is 23.2 Å². The summed E-state index contributed by atoms with van der Waals surface area (Å²) >= 11 is 0. The number of benzene rings is 1. The molecule has 0 aliphatic rings. The molecule has 186 valence electrons. The first-order valence-electron chi connectivity index (χ1n) is 10.4. The fourth-order valence-electron chi connectivity index (χ4n) is 2.86. The number of aromatic nitrogens is 1. The van der Waals surface area contributed by atoms with Crippen LogP contribution in [0, 0.1) is 11.3 Å². The van der Waals surface area contributed by atoms with Crippen LogP contribution in [0.2, 0.25) is 0 Å². The fourth-order valence-corrected chi connectivity index (χ4v) is 2.86. The molecular formula is C24H30F3N3O4. The van der Waals surface area contributed by atoms with E-state index in [-0.39, 0.29) is 34.9 Å². The number of hydrogen-bond donors (Lipinski definition) is 2. The zero-order valence-electron chi connectivity index (χ0n) is 20.1. The molecule has 0 aliphatic carbocycles. The average Bonchev–Trinajstić information content (AvgIpc) is 2.66. The van der Waals surface area contributed by atoms with Crippen LogP contribution in [0.4, 0.5) is 18.0 Å². The highest BCUT2D eigenvalue weighted by Crippen LogP contribution is 2.30. The summed E-state index contributed by atoms with van der Waals surface area (Å²) in [6, 6.07) is 8.45. The number of ether oxygens (including phenoxy) is 2. The Balaban J connectivity index is 0.000000546. The van der Waals surface area contributed by atoms with Crippen molar-refractivity contribution in [3.8, 4) is 17.7 Å². The second-order valence-corrected chi connectivity index (χ2v) is 9.24. The van der Waals surface area contributed by atoms with Crippen molar-refractivity contribution < 1.29 is 32.5 Å². The lowest BCUT2D eigenvalue weighted by Gasteiger charge is -2.30. The topological polar surface area (TPSA) is 104 Å². The van der Waals surface area contributed by atoms with Crippen LogP contribution in [0.1, 0.15) is 58.2 Å². The van der Waals surface area contributed by atoms with Gasteiger partial charge in [0.15, 0.2) is 0 Å². The number of rotatable bonds is 5. The SMILES string of the molecule is CC(C)(C)OC(C)(C)C.N#Cc1cc(CCNC(=O)O)ccc1Oc1ccc(C(F)(F)F)cn1. The van der Waals surface area contributed by atoms with E-state index in [1.165, 1.54) is 12.1 Å². The largest absolute Gasteiger partial charge is 0.465 e.